The van der Waals surface area contributed by atoms with Crippen molar-refractivity contribution in [3.63, 3.8) is 0 Å². The van der Waals surface area contributed by atoms with Gasteiger partial charge in [0.2, 0.25) is 5.91 Å². The van der Waals surface area contributed by atoms with Gasteiger partial charge in [0.15, 0.2) is 0 Å². The van der Waals surface area contributed by atoms with Crippen molar-refractivity contribution in [2.24, 2.45) is 5.92 Å². The minimum absolute atomic E-state index is 0.0385. The van der Waals surface area contributed by atoms with E-state index in [4.69, 9.17) is 0 Å². The maximum Gasteiger partial charge on any atom is 0.224 e. The molecule has 39 heavy (non-hydrogen) atoms. The van der Waals surface area contributed by atoms with Gasteiger partial charge in [-0.05, 0) is 101 Å². The number of rotatable bonds is 10. The highest BCUT2D eigenvalue weighted by Gasteiger charge is 2.27. The zero-order valence-electron chi connectivity index (χ0n) is 24.0. The van der Waals surface area contributed by atoms with Gasteiger partial charge in [-0.3, -0.25) is 4.79 Å². The molecule has 1 aromatic carbocycles. The fourth-order valence-electron chi connectivity index (χ4n) is 5.17. The molecule has 1 saturated heterocycles. The van der Waals surface area contributed by atoms with Crippen LogP contribution < -0.4 is 5.32 Å². The zero-order chi connectivity index (χ0) is 28.9. The average Bonchev–Trinajstić information content (AvgIpc) is 2.85. The van der Waals surface area contributed by atoms with Gasteiger partial charge in [-0.15, -0.1) is 0 Å². The van der Waals surface area contributed by atoms with Crippen molar-refractivity contribution >= 4 is 17.2 Å². The maximum atomic E-state index is 15.5. The highest BCUT2D eigenvalue weighted by Crippen LogP contribution is 2.36. The van der Waals surface area contributed by atoms with E-state index in [-0.39, 0.29) is 24.1 Å². The molecule has 0 aromatic heterocycles. The van der Waals surface area contributed by atoms with Crippen molar-refractivity contribution in [3.05, 3.63) is 83.5 Å². The van der Waals surface area contributed by atoms with Crippen molar-refractivity contribution < 1.29 is 18.7 Å². The van der Waals surface area contributed by atoms with Gasteiger partial charge in [0.1, 0.15) is 11.6 Å². The SMILES string of the molecule is C=C(CC)N1CCCC(C/C(=C(/C)c2c(F)cc(NC(=O)CCC(C)(C)O)cc2F)N2C=CC(C)=CC2=C)C1. The van der Waals surface area contributed by atoms with E-state index in [1.165, 1.54) is 0 Å². The third-order valence-corrected chi connectivity index (χ3v) is 7.43. The summed E-state index contributed by atoms with van der Waals surface area (Å²) in [5.74, 6) is -1.61. The van der Waals surface area contributed by atoms with Gasteiger partial charge in [0, 0.05) is 48.5 Å². The highest BCUT2D eigenvalue weighted by atomic mass is 19.1. The summed E-state index contributed by atoms with van der Waals surface area (Å²) in [7, 11) is 0. The molecule has 3 rings (SSSR count). The van der Waals surface area contributed by atoms with Gasteiger partial charge in [-0.25, -0.2) is 8.78 Å². The number of allylic oxidation sites excluding steroid dienone is 6. The molecule has 2 heterocycles. The number of piperidine rings is 1. The Morgan fingerprint density at radius 1 is 1.26 bits per heavy atom. The minimum atomic E-state index is -1.00. The number of nitrogens with zero attached hydrogens (tertiary/aromatic N) is 2. The molecule has 0 aliphatic carbocycles. The van der Waals surface area contributed by atoms with Gasteiger partial charge in [-0.1, -0.05) is 20.1 Å². The molecular formula is C32H43F2N3O2. The summed E-state index contributed by atoms with van der Waals surface area (Å²) >= 11 is 0. The molecule has 1 atom stereocenters. The second-order valence-electron chi connectivity index (χ2n) is 11.4. The second-order valence-corrected chi connectivity index (χ2v) is 11.4. The van der Waals surface area contributed by atoms with Crippen LogP contribution in [0.4, 0.5) is 14.5 Å². The molecule has 0 saturated carbocycles. The molecule has 7 heteroatoms. The smallest absolute Gasteiger partial charge is 0.224 e. The molecule has 2 aliphatic heterocycles. The van der Waals surface area contributed by atoms with Gasteiger partial charge in [-0.2, -0.15) is 0 Å². The lowest BCUT2D eigenvalue weighted by Crippen LogP contribution is -2.35. The Morgan fingerprint density at radius 2 is 1.92 bits per heavy atom. The van der Waals surface area contributed by atoms with Crippen LogP contribution in [-0.4, -0.2) is 39.5 Å². The number of nitrogens with one attached hydrogen (secondary N) is 1. The first kappa shape index (κ1) is 30.4. The number of hydrogen-bond donors (Lipinski definition) is 2. The average molecular weight is 540 g/mol. The monoisotopic (exact) mass is 539 g/mol. The lowest BCUT2D eigenvalue weighted by molar-refractivity contribution is -0.117. The lowest BCUT2D eigenvalue weighted by atomic mass is 9.89. The zero-order valence-corrected chi connectivity index (χ0v) is 24.0. The molecule has 1 aromatic rings. The van der Waals surface area contributed by atoms with Crippen LogP contribution in [0.2, 0.25) is 0 Å². The largest absolute Gasteiger partial charge is 0.390 e. The molecule has 1 amide bonds. The Hall–Kier alpha value is -3.19. The first-order valence-electron chi connectivity index (χ1n) is 13.8. The summed E-state index contributed by atoms with van der Waals surface area (Å²) in [6.07, 6.45) is 9.68. The van der Waals surface area contributed by atoms with Crippen LogP contribution in [0.5, 0.6) is 0 Å². The molecule has 212 valence electrons. The van der Waals surface area contributed by atoms with Gasteiger partial charge >= 0.3 is 0 Å². The Labute approximate surface area is 232 Å². The summed E-state index contributed by atoms with van der Waals surface area (Å²) in [6.45, 7) is 19.3. The molecule has 5 nitrogen and oxygen atoms in total. The fourth-order valence-corrected chi connectivity index (χ4v) is 5.17. The molecule has 2 N–H and O–H groups in total. The number of hydrogen-bond acceptors (Lipinski definition) is 4. The third-order valence-electron chi connectivity index (χ3n) is 7.43. The molecule has 0 radical (unpaired) electrons. The molecule has 0 spiro atoms. The number of carbonyl (C=O) groups is 1. The summed E-state index contributed by atoms with van der Waals surface area (Å²) in [6, 6.07) is 2.31. The summed E-state index contributed by atoms with van der Waals surface area (Å²) in [4.78, 5) is 16.5. The predicted molar refractivity (Wildman–Crippen MR) is 155 cm³/mol. The summed E-state index contributed by atoms with van der Waals surface area (Å²) in [5.41, 5.74) is 3.13. The predicted octanol–water partition coefficient (Wildman–Crippen LogP) is 7.50. The number of amides is 1. The minimum Gasteiger partial charge on any atom is -0.390 e. The van der Waals surface area contributed by atoms with Crippen LogP contribution >= 0.6 is 0 Å². The van der Waals surface area contributed by atoms with Crippen LogP contribution in [0.3, 0.4) is 0 Å². The standard InChI is InChI=1S/C32H43F2N3O2/c1-8-22(3)36-14-9-10-25(20-36)17-29(37-15-12-21(2)16-23(37)4)24(5)31-27(33)18-26(19-28(31)34)35-30(38)11-13-32(6,7)39/h12,15-16,18-19,25,39H,3-4,8-11,13-14,17,20H2,1-2,5-7H3,(H,35,38)/b29-24+. The fraction of sp³-hybridized carbons (Fsp3) is 0.469. The van der Waals surface area contributed by atoms with E-state index in [9.17, 15) is 9.90 Å². The van der Waals surface area contributed by atoms with Gasteiger partial charge in [0.05, 0.1) is 11.2 Å². The van der Waals surface area contributed by atoms with Crippen molar-refractivity contribution in [2.75, 3.05) is 18.4 Å². The number of anilines is 1. The van der Waals surface area contributed by atoms with E-state index in [0.29, 0.717) is 17.9 Å². The topological polar surface area (TPSA) is 55.8 Å². The van der Waals surface area contributed by atoms with Crippen molar-refractivity contribution in [3.8, 4) is 0 Å². The second kappa shape index (κ2) is 12.8. The number of benzene rings is 1. The summed E-state index contributed by atoms with van der Waals surface area (Å²) in [5, 5.41) is 12.4. The highest BCUT2D eigenvalue weighted by molar-refractivity contribution is 5.91. The van der Waals surface area contributed by atoms with Crippen LogP contribution in [0.15, 0.2) is 66.3 Å². The van der Waals surface area contributed by atoms with E-state index in [1.807, 2.05) is 30.2 Å². The van der Waals surface area contributed by atoms with Crippen LogP contribution in [0.25, 0.3) is 5.57 Å². The third kappa shape index (κ3) is 8.15. The quantitative estimate of drug-likeness (QED) is 0.323. The molecular weight excluding hydrogens is 496 g/mol. The van der Waals surface area contributed by atoms with Crippen molar-refractivity contribution in [2.45, 2.75) is 78.7 Å². The summed E-state index contributed by atoms with van der Waals surface area (Å²) < 4.78 is 31.0. The van der Waals surface area contributed by atoms with Crippen molar-refractivity contribution in [1.29, 1.82) is 0 Å². The first-order valence-corrected chi connectivity index (χ1v) is 13.8. The first-order chi connectivity index (χ1) is 18.3. The van der Waals surface area contributed by atoms with E-state index < -0.39 is 23.1 Å². The number of likely N-dealkylation sites (tertiary alicyclic amines) is 1. The Kier molecular flexibility index (Phi) is 9.94. The lowest BCUT2D eigenvalue weighted by Gasteiger charge is -2.38. The van der Waals surface area contributed by atoms with E-state index >= 15 is 8.78 Å². The van der Waals surface area contributed by atoms with Crippen LogP contribution in [0.1, 0.15) is 78.7 Å². The van der Waals surface area contributed by atoms with E-state index in [2.05, 4.69) is 30.3 Å². The maximum absolute atomic E-state index is 15.5. The van der Waals surface area contributed by atoms with Crippen LogP contribution in [0, 0.1) is 17.6 Å². The number of carbonyl (C=O) groups excluding carboxylic acids is 1. The molecule has 1 unspecified atom stereocenters. The van der Waals surface area contributed by atoms with Crippen LogP contribution in [-0.2, 0) is 4.79 Å². The van der Waals surface area contributed by atoms with Gasteiger partial charge in [0.25, 0.3) is 0 Å². The van der Waals surface area contributed by atoms with Crippen molar-refractivity contribution in [1.82, 2.24) is 9.80 Å². The Balaban J connectivity index is 1.94. The normalized spacial score (nSPS) is 18.6. The number of aliphatic hydroxyl groups is 1. The Morgan fingerprint density at radius 3 is 2.51 bits per heavy atom. The Bertz CT molecular complexity index is 1180. The number of halogens is 2. The van der Waals surface area contributed by atoms with Gasteiger partial charge < -0.3 is 20.2 Å². The van der Waals surface area contributed by atoms with E-state index in [0.717, 1.165) is 67.1 Å². The molecule has 0 bridgehead atoms. The molecule has 1 fully saturated rings. The van der Waals surface area contributed by atoms with E-state index in [1.54, 1.807) is 20.8 Å². The molecule has 2 aliphatic rings.